The Kier molecular flexibility index (Phi) is 4.11. The molecule has 0 atom stereocenters. The second kappa shape index (κ2) is 6.36. The van der Waals surface area contributed by atoms with Gasteiger partial charge in [0.1, 0.15) is 11.6 Å². The van der Waals surface area contributed by atoms with Crippen molar-refractivity contribution in [3.8, 4) is 10.6 Å². The van der Waals surface area contributed by atoms with E-state index in [4.69, 9.17) is 0 Å². The van der Waals surface area contributed by atoms with Gasteiger partial charge in [0.25, 0.3) is 0 Å². The molecule has 8 nitrogen and oxygen atoms in total. The molecule has 0 aliphatic heterocycles. The quantitative estimate of drug-likeness (QED) is 0.572. The third kappa shape index (κ3) is 3.58. The van der Waals surface area contributed by atoms with E-state index in [-0.39, 0.29) is 18.3 Å². The van der Waals surface area contributed by atoms with E-state index in [0.717, 1.165) is 10.6 Å². The van der Waals surface area contributed by atoms with Crippen molar-refractivity contribution in [1.29, 1.82) is 0 Å². The van der Waals surface area contributed by atoms with E-state index in [9.17, 15) is 14.9 Å². The number of amides is 1. The molecule has 2 heterocycles. The molecule has 23 heavy (non-hydrogen) atoms. The molecule has 0 aliphatic carbocycles. The molecule has 0 fully saturated rings. The van der Waals surface area contributed by atoms with Gasteiger partial charge in [-0.25, -0.2) is 4.98 Å². The smallest absolute Gasteiger partial charge is 0.358 e. The van der Waals surface area contributed by atoms with Crippen molar-refractivity contribution in [3.05, 3.63) is 58.2 Å². The van der Waals surface area contributed by atoms with Gasteiger partial charge in [-0.1, -0.05) is 0 Å². The van der Waals surface area contributed by atoms with E-state index in [0.29, 0.717) is 5.69 Å². The Balaban J connectivity index is 1.62. The molecule has 3 rings (SSSR count). The normalized spacial score (nSPS) is 10.4. The molecule has 2 aromatic heterocycles. The van der Waals surface area contributed by atoms with Gasteiger partial charge in [0.15, 0.2) is 0 Å². The van der Waals surface area contributed by atoms with Crippen molar-refractivity contribution in [3.63, 3.8) is 0 Å². The molecule has 0 saturated carbocycles. The molecule has 0 aliphatic rings. The van der Waals surface area contributed by atoms with Crippen molar-refractivity contribution >= 4 is 28.7 Å². The standard InChI is InChI=1S/C14H11N5O3S/c20-13(9-18-7-5-12(17-18)19(21)22)16-11-3-1-10(2-4-11)14-15-6-8-23-14/h1-8H,9H2,(H,16,20). The summed E-state index contributed by atoms with van der Waals surface area (Å²) in [5.41, 5.74) is 1.61. The Hall–Kier alpha value is -3.07. The Morgan fingerprint density at radius 1 is 1.30 bits per heavy atom. The molecule has 0 unspecified atom stereocenters. The summed E-state index contributed by atoms with van der Waals surface area (Å²) < 4.78 is 1.22. The summed E-state index contributed by atoms with van der Waals surface area (Å²) in [6, 6.07) is 8.54. The van der Waals surface area contributed by atoms with Crippen molar-refractivity contribution in [2.45, 2.75) is 6.54 Å². The molecule has 0 saturated heterocycles. The van der Waals surface area contributed by atoms with E-state index in [1.807, 2.05) is 17.5 Å². The highest BCUT2D eigenvalue weighted by Gasteiger charge is 2.13. The molecular weight excluding hydrogens is 318 g/mol. The van der Waals surface area contributed by atoms with Crippen LogP contribution >= 0.6 is 11.3 Å². The van der Waals surface area contributed by atoms with Gasteiger partial charge >= 0.3 is 5.82 Å². The minimum Gasteiger partial charge on any atom is -0.358 e. The van der Waals surface area contributed by atoms with Crippen LogP contribution in [-0.4, -0.2) is 25.6 Å². The number of nitrogens with zero attached hydrogens (tertiary/aromatic N) is 4. The summed E-state index contributed by atoms with van der Waals surface area (Å²) in [5, 5.41) is 19.8. The Bertz CT molecular complexity index is 826. The van der Waals surface area contributed by atoms with Gasteiger partial charge in [-0.2, -0.15) is 4.68 Å². The number of hydrogen-bond donors (Lipinski definition) is 1. The number of nitrogens with one attached hydrogen (secondary N) is 1. The van der Waals surface area contributed by atoms with Crippen LogP contribution in [0.15, 0.2) is 48.1 Å². The summed E-state index contributed by atoms with van der Waals surface area (Å²) in [6.45, 7) is -0.0952. The lowest BCUT2D eigenvalue weighted by Gasteiger charge is -2.04. The van der Waals surface area contributed by atoms with Crippen molar-refractivity contribution in [1.82, 2.24) is 14.8 Å². The fourth-order valence-electron chi connectivity index (χ4n) is 1.95. The maximum atomic E-state index is 11.9. The number of rotatable bonds is 5. The molecule has 1 amide bonds. The minimum atomic E-state index is -0.605. The van der Waals surface area contributed by atoms with Crippen LogP contribution < -0.4 is 5.32 Å². The SMILES string of the molecule is O=C(Cn1ccc([N+](=O)[O-])n1)Nc1ccc(-c2nccs2)cc1. The van der Waals surface area contributed by atoms with E-state index in [1.54, 1.807) is 18.3 Å². The lowest BCUT2D eigenvalue weighted by Crippen LogP contribution is -2.19. The van der Waals surface area contributed by atoms with Gasteiger partial charge in [0, 0.05) is 22.8 Å². The molecule has 116 valence electrons. The fraction of sp³-hybridized carbons (Fsp3) is 0.0714. The number of aromatic nitrogens is 3. The minimum absolute atomic E-state index is 0.0952. The summed E-state index contributed by atoms with van der Waals surface area (Å²) in [5.74, 6) is -0.601. The lowest BCUT2D eigenvalue weighted by molar-refractivity contribution is -0.389. The molecule has 0 spiro atoms. The van der Waals surface area contributed by atoms with Gasteiger partial charge in [-0.3, -0.25) is 4.79 Å². The first kappa shape index (κ1) is 14.9. The average Bonchev–Trinajstić information content (AvgIpc) is 3.19. The van der Waals surface area contributed by atoms with Crippen LogP contribution in [0.5, 0.6) is 0 Å². The number of thiazole rings is 1. The van der Waals surface area contributed by atoms with Crippen LogP contribution in [0.1, 0.15) is 0 Å². The van der Waals surface area contributed by atoms with Crippen molar-refractivity contribution in [2.24, 2.45) is 0 Å². The fourth-order valence-corrected chi connectivity index (χ4v) is 2.59. The number of carbonyl (C=O) groups excluding carboxylic acids is 1. The molecule has 1 N–H and O–H groups in total. The molecule has 3 aromatic rings. The zero-order chi connectivity index (χ0) is 16.2. The maximum Gasteiger partial charge on any atom is 0.389 e. The summed E-state index contributed by atoms with van der Waals surface area (Å²) in [4.78, 5) is 26.1. The van der Waals surface area contributed by atoms with Crippen LogP contribution in [0.25, 0.3) is 10.6 Å². The summed E-state index contributed by atoms with van der Waals surface area (Å²) in [6.07, 6.45) is 3.13. The number of hydrogen-bond acceptors (Lipinski definition) is 6. The monoisotopic (exact) mass is 329 g/mol. The van der Waals surface area contributed by atoms with Gasteiger partial charge in [0.05, 0.1) is 17.4 Å². The van der Waals surface area contributed by atoms with Gasteiger partial charge in [-0.15, -0.1) is 11.3 Å². The second-order valence-electron chi connectivity index (χ2n) is 4.59. The molecule has 9 heteroatoms. The molecule has 1 aromatic carbocycles. The second-order valence-corrected chi connectivity index (χ2v) is 5.49. The molecule has 0 bridgehead atoms. The topological polar surface area (TPSA) is 103 Å². The first-order valence-electron chi connectivity index (χ1n) is 6.59. The van der Waals surface area contributed by atoms with Crippen LogP contribution in [-0.2, 0) is 11.3 Å². The van der Waals surface area contributed by atoms with E-state index >= 15 is 0 Å². The number of anilines is 1. The van der Waals surface area contributed by atoms with E-state index < -0.39 is 4.92 Å². The first-order valence-corrected chi connectivity index (χ1v) is 7.47. The average molecular weight is 329 g/mol. The zero-order valence-electron chi connectivity index (χ0n) is 11.7. The maximum absolute atomic E-state index is 11.9. The van der Waals surface area contributed by atoms with E-state index in [2.05, 4.69) is 15.4 Å². The van der Waals surface area contributed by atoms with Crippen LogP contribution in [0.2, 0.25) is 0 Å². The Labute approximate surface area is 134 Å². The summed E-state index contributed by atoms with van der Waals surface area (Å²) >= 11 is 1.54. The number of carbonyl (C=O) groups is 1. The number of benzene rings is 1. The highest BCUT2D eigenvalue weighted by Crippen LogP contribution is 2.23. The van der Waals surface area contributed by atoms with Gasteiger partial charge in [0.2, 0.25) is 5.91 Å². The predicted molar refractivity (Wildman–Crippen MR) is 85.1 cm³/mol. The first-order chi connectivity index (χ1) is 11.1. The zero-order valence-corrected chi connectivity index (χ0v) is 12.6. The Morgan fingerprint density at radius 3 is 2.70 bits per heavy atom. The predicted octanol–water partition coefficient (Wildman–Crippen LogP) is 2.55. The highest BCUT2D eigenvalue weighted by atomic mass is 32.1. The lowest BCUT2D eigenvalue weighted by atomic mass is 10.2. The third-order valence-corrected chi connectivity index (χ3v) is 3.79. The van der Waals surface area contributed by atoms with Crippen molar-refractivity contribution < 1.29 is 9.72 Å². The van der Waals surface area contributed by atoms with Crippen LogP contribution in [0.3, 0.4) is 0 Å². The largest absolute Gasteiger partial charge is 0.389 e. The van der Waals surface area contributed by atoms with Gasteiger partial charge < -0.3 is 15.4 Å². The van der Waals surface area contributed by atoms with Gasteiger partial charge in [-0.05, 0) is 29.2 Å². The number of nitro groups is 1. The highest BCUT2D eigenvalue weighted by molar-refractivity contribution is 7.13. The van der Waals surface area contributed by atoms with Crippen LogP contribution in [0.4, 0.5) is 11.5 Å². The molecular formula is C14H11N5O3S. The Morgan fingerprint density at radius 2 is 2.09 bits per heavy atom. The third-order valence-electron chi connectivity index (χ3n) is 2.97. The van der Waals surface area contributed by atoms with E-state index in [1.165, 1.54) is 28.3 Å². The summed E-state index contributed by atoms with van der Waals surface area (Å²) in [7, 11) is 0. The van der Waals surface area contributed by atoms with Crippen molar-refractivity contribution in [2.75, 3.05) is 5.32 Å². The van der Waals surface area contributed by atoms with Crippen LogP contribution in [0, 0.1) is 10.1 Å². The molecule has 0 radical (unpaired) electrons.